The molecule has 228 valence electrons. The number of carboxylic acid groups (broad SMARTS) is 1. The van der Waals surface area contributed by atoms with Gasteiger partial charge in [-0.1, -0.05) is 17.7 Å². The molecule has 0 spiro atoms. The molecule has 0 bridgehead atoms. The summed E-state index contributed by atoms with van der Waals surface area (Å²) < 4.78 is 38.6. The molecule has 1 fully saturated rings. The van der Waals surface area contributed by atoms with Crippen LogP contribution < -0.4 is 5.32 Å². The number of thiophene rings is 1. The molecule has 44 heavy (non-hydrogen) atoms. The average Bonchev–Trinajstić information content (AvgIpc) is 3.47. The first-order valence-corrected chi connectivity index (χ1v) is 14.9. The van der Waals surface area contributed by atoms with Gasteiger partial charge in [0.2, 0.25) is 0 Å². The highest BCUT2D eigenvalue weighted by Crippen LogP contribution is 2.47. The van der Waals surface area contributed by atoms with E-state index in [2.05, 4.69) is 5.32 Å². The normalized spacial score (nSPS) is 16.8. The first kappa shape index (κ1) is 29.7. The van der Waals surface area contributed by atoms with Gasteiger partial charge in [-0.2, -0.15) is 5.26 Å². The first-order valence-electron chi connectivity index (χ1n) is 13.7. The van der Waals surface area contributed by atoms with Gasteiger partial charge in [0.15, 0.2) is 0 Å². The third-order valence-electron chi connectivity index (χ3n) is 7.78. The van der Waals surface area contributed by atoms with Gasteiger partial charge < -0.3 is 24.2 Å². The summed E-state index contributed by atoms with van der Waals surface area (Å²) >= 11 is 7.56. The summed E-state index contributed by atoms with van der Waals surface area (Å²) in [6, 6.07) is 5.23. The van der Waals surface area contributed by atoms with Crippen molar-refractivity contribution in [1.29, 1.82) is 5.26 Å². The fraction of sp³-hybridized carbons (Fsp3) is 0.333. The molecule has 10 nitrogen and oxygen atoms in total. The molecule has 0 saturated carbocycles. The van der Waals surface area contributed by atoms with Crippen LogP contribution in [0.4, 0.5) is 23.4 Å². The van der Waals surface area contributed by atoms with Crippen molar-refractivity contribution >= 4 is 67.0 Å². The van der Waals surface area contributed by atoms with Gasteiger partial charge in [0.05, 0.1) is 32.4 Å². The number of aryl methyl sites for hydroxylation is 1. The summed E-state index contributed by atoms with van der Waals surface area (Å²) in [5.41, 5.74) is -0.302. The van der Waals surface area contributed by atoms with Crippen molar-refractivity contribution in [2.75, 3.05) is 25.0 Å². The van der Waals surface area contributed by atoms with E-state index in [1.54, 1.807) is 36.4 Å². The number of nitrogens with one attached hydrogen (secondary N) is 1. The lowest BCUT2D eigenvalue weighted by atomic mass is 9.93. The summed E-state index contributed by atoms with van der Waals surface area (Å²) in [5, 5.41) is 22.6. The summed E-state index contributed by atoms with van der Waals surface area (Å²) in [5.74, 6) is -1.94. The number of anilines is 1. The third kappa shape index (κ3) is 4.88. The molecule has 3 amide bonds. The van der Waals surface area contributed by atoms with Gasteiger partial charge in [-0.05, 0) is 44.9 Å². The Hall–Kier alpha value is -4.41. The molecule has 2 aliphatic heterocycles. The number of ether oxygens (including phenoxy) is 1. The number of carbonyl (C=O) groups excluding carboxylic acids is 2. The van der Waals surface area contributed by atoms with Crippen molar-refractivity contribution in [2.24, 2.45) is 0 Å². The lowest BCUT2D eigenvalue weighted by Crippen LogP contribution is -2.57. The second-order valence-corrected chi connectivity index (χ2v) is 13.1. The van der Waals surface area contributed by atoms with Crippen molar-refractivity contribution < 1.29 is 33.0 Å². The van der Waals surface area contributed by atoms with Gasteiger partial charge in [-0.25, -0.2) is 18.4 Å². The summed E-state index contributed by atoms with van der Waals surface area (Å²) in [4.78, 5) is 40.8. The van der Waals surface area contributed by atoms with Crippen molar-refractivity contribution in [1.82, 2.24) is 14.4 Å². The maximum Gasteiger partial charge on any atom is 0.412 e. The molecule has 4 aromatic rings. The van der Waals surface area contributed by atoms with E-state index in [1.165, 1.54) is 11.0 Å². The molecule has 2 N–H and O–H groups in total. The fourth-order valence-electron chi connectivity index (χ4n) is 6.00. The van der Waals surface area contributed by atoms with E-state index < -0.39 is 41.4 Å². The SMILES string of the molecule is CC(C)(C)OC(=O)Nc1sc2c(F)ccc(-c3c(F)cc4c5c3c(Cl)cn5CC[C@@H]3CN(C(=O)O)CCN3C4=O)c2c1C#N. The summed E-state index contributed by atoms with van der Waals surface area (Å²) in [7, 11) is 0. The number of carbonyl (C=O) groups is 3. The van der Waals surface area contributed by atoms with E-state index in [4.69, 9.17) is 16.3 Å². The Morgan fingerprint density at radius 1 is 1.16 bits per heavy atom. The first-order chi connectivity index (χ1) is 20.8. The van der Waals surface area contributed by atoms with Gasteiger partial charge in [0, 0.05) is 48.7 Å². The lowest BCUT2D eigenvalue weighted by Gasteiger charge is -2.41. The predicted molar refractivity (Wildman–Crippen MR) is 161 cm³/mol. The van der Waals surface area contributed by atoms with Crippen molar-refractivity contribution in [3.63, 3.8) is 0 Å². The number of nitrogens with zero attached hydrogens (tertiary/aromatic N) is 4. The minimum atomic E-state index is -1.07. The van der Waals surface area contributed by atoms with Gasteiger partial charge >= 0.3 is 12.2 Å². The zero-order valence-corrected chi connectivity index (χ0v) is 25.4. The molecular weight excluding hydrogens is 616 g/mol. The predicted octanol–water partition coefficient (Wildman–Crippen LogP) is 6.88. The van der Waals surface area contributed by atoms with Gasteiger partial charge in [0.1, 0.15) is 28.3 Å². The van der Waals surface area contributed by atoms with E-state index in [-0.39, 0.29) is 67.4 Å². The molecule has 0 unspecified atom stereocenters. The van der Waals surface area contributed by atoms with Crippen LogP contribution in [0.25, 0.3) is 32.1 Å². The van der Waals surface area contributed by atoms with Crippen LogP contribution in [0.15, 0.2) is 24.4 Å². The number of halogens is 3. The molecule has 1 atom stereocenters. The number of fused-ring (bicyclic) bond motifs is 2. The number of benzene rings is 2. The van der Waals surface area contributed by atoms with E-state index in [0.717, 1.165) is 23.5 Å². The minimum Gasteiger partial charge on any atom is -0.465 e. The zero-order valence-electron chi connectivity index (χ0n) is 23.8. The van der Waals surface area contributed by atoms with Crippen LogP contribution in [0.3, 0.4) is 0 Å². The van der Waals surface area contributed by atoms with Crippen LogP contribution >= 0.6 is 22.9 Å². The number of piperazine rings is 1. The minimum absolute atomic E-state index is 0.0174. The maximum absolute atomic E-state index is 16.3. The monoisotopic (exact) mass is 641 g/mol. The molecule has 0 radical (unpaired) electrons. The van der Waals surface area contributed by atoms with Crippen molar-refractivity contribution in [3.8, 4) is 17.2 Å². The Morgan fingerprint density at radius 2 is 1.91 bits per heavy atom. The Morgan fingerprint density at radius 3 is 2.59 bits per heavy atom. The molecule has 0 aliphatic carbocycles. The van der Waals surface area contributed by atoms with Gasteiger partial charge in [-0.3, -0.25) is 10.1 Å². The number of hydrogen-bond donors (Lipinski definition) is 2. The van der Waals surface area contributed by atoms with Crippen LogP contribution in [-0.2, 0) is 11.3 Å². The van der Waals surface area contributed by atoms with Crippen LogP contribution in [0, 0.1) is 23.0 Å². The molecule has 1 saturated heterocycles. The second kappa shape index (κ2) is 10.6. The number of rotatable bonds is 2. The smallest absolute Gasteiger partial charge is 0.412 e. The fourth-order valence-corrected chi connectivity index (χ4v) is 7.37. The standard InChI is InChI=1S/C30H26ClF2N5O5S/c1-30(2,3)43-28(40)35-26-17(11-34)21-15(4-5-19(32)25(21)44-26)22-20(33)10-16-24-23(22)18(31)13-36(24)7-6-14-12-37(29(41)42)8-9-38(14)27(16)39/h4-5,10,13-14H,6-9,12H2,1-3H3,(H,35,40)(H,41,42)/t14-/m1/s1. The molecular formula is C30H26ClF2N5O5S. The van der Waals surface area contributed by atoms with E-state index in [9.17, 15) is 24.8 Å². The second-order valence-electron chi connectivity index (χ2n) is 11.7. The quantitative estimate of drug-likeness (QED) is 0.246. The number of amides is 3. The largest absolute Gasteiger partial charge is 0.465 e. The topological polar surface area (TPSA) is 128 Å². The molecule has 4 heterocycles. The Labute approximate surface area is 258 Å². The maximum atomic E-state index is 16.3. The number of aromatic nitrogens is 1. The molecule has 2 aromatic heterocycles. The summed E-state index contributed by atoms with van der Waals surface area (Å²) in [6.07, 6.45) is 0.123. The zero-order chi connectivity index (χ0) is 31.7. The Bertz CT molecular complexity index is 1940. The van der Waals surface area contributed by atoms with Crippen molar-refractivity contribution in [2.45, 2.75) is 45.4 Å². The lowest BCUT2D eigenvalue weighted by molar-refractivity contribution is 0.0420. The van der Waals surface area contributed by atoms with Crippen molar-refractivity contribution in [3.05, 3.63) is 52.2 Å². The van der Waals surface area contributed by atoms with Crippen LogP contribution in [-0.4, -0.2) is 68.8 Å². The highest BCUT2D eigenvalue weighted by molar-refractivity contribution is 7.23. The Kier molecular flexibility index (Phi) is 7.17. The summed E-state index contributed by atoms with van der Waals surface area (Å²) in [6.45, 7) is 5.81. The number of nitriles is 1. The molecule has 14 heteroatoms. The molecule has 6 rings (SSSR count). The molecule has 2 aromatic carbocycles. The third-order valence-corrected chi connectivity index (χ3v) is 9.18. The highest BCUT2D eigenvalue weighted by Gasteiger charge is 2.37. The van der Waals surface area contributed by atoms with Crippen LogP contribution in [0.2, 0.25) is 5.02 Å². The van der Waals surface area contributed by atoms with E-state index in [0.29, 0.717) is 18.5 Å². The van der Waals surface area contributed by atoms with Crippen LogP contribution in [0.5, 0.6) is 0 Å². The number of hydrogen-bond acceptors (Lipinski definition) is 6. The molecule has 2 aliphatic rings. The van der Waals surface area contributed by atoms with E-state index >= 15 is 8.78 Å². The van der Waals surface area contributed by atoms with E-state index in [1.807, 2.05) is 6.07 Å². The van der Waals surface area contributed by atoms with Gasteiger partial charge in [0.25, 0.3) is 5.91 Å². The Balaban J connectivity index is 1.53. The van der Waals surface area contributed by atoms with Gasteiger partial charge in [-0.15, -0.1) is 11.3 Å². The highest BCUT2D eigenvalue weighted by atomic mass is 35.5. The van der Waals surface area contributed by atoms with Crippen LogP contribution in [0.1, 0.15) is 43.1 Å². The average molecular weight is 642 g/mol.